The van der Waals surface area contributed by atoms with Crippen LogP contribution in [-0.4, -0.2) is 53.5 Å². The molecule has 0 spiro atoms. The maximum Gasteiger partial charge on any atom is 0.237 e. The van der Waals surface area contributed by atoms with E-state index in [9.17, 15) is 14.3 Å². The van der Waals surface area contributed by atoms with Gasteiger partial charge in [-0.1, -0.05) is 24.3 Å². The fraction of sp³-hybridized carbons (Fsp3) is 0.550. The fourth-order valence-corrected chi connectivity index (χ4v) is 3.35. The van der Waals surface area contributed by atoms with Crippen molar-refractivity contribution in [3.8, 4) is 0 Å². The van der Waals surface area contributed by atoms with Crippen LogP contribution in [0.25, 0.3) is 0 Å². The second-order valence-corrected chi connectivity index (χ2v) is 6.97. The van der Waals surface area contributed by atoms with E-state index in [1.807, 2.05) is 18.7 Å². The molecule has 0 aliphatic carbocycles. The van der Waals surface area contributed by atoms with Gasteiger partial charge in [-0.05, 0) is 63.4 Å². The highest BCUT2D eigenvalue weighted by molar-refractivity contribution is 5.78. The molecule has 4 nitrogen and oxygen atoms in total. The van der Waals surface area contributed by atoms with E-state index in [-0.39, 0.29) is 17.6 Å². The van der Waals surface area contributed by atoms with Crippen LogP contribution in [0.4, 0.5) is 4.39 Å². The number of nitrogens with zero attached hydrogens (tertiary/aromatic N) is 2. The van der Waals surface area contributed by atoms with Gasteiger partial charge in [0.2, 0.25) is 5.91 Å². The van der Waals surface area contributed by atoms with Crippen molar-refractivity contribution in [2.75, 3.05) is 32.7 Å². The molecule has 1 heterocycles. The van der Waals surface area contributed by atoms with Crippen LogP contribution < -0.4 is 0 Å². The Balaban J connectivity index is 1.83. The molecule has 25 heavy (non-hydrogen) atoms. The molecule has 0 radical (unpaired) electrons. The molecule has 1 aromatic carbocycles. The lowest BCUT2D eigenvalue weighted by atomic mass is 9.87. The summed E-state index contributed by atoms with van der Waals surface area (Å²) in [5.41, 5.74) is 1.74. The van der Waals surface area contributed by atoms with E-state index in [0.29, 0.717) is 19.6 Å². The summed E-state index contributed by atoms with van der Waals surface area (Å²) in [6, 6.07) is 6.06. The Bertz CT molecular complexity index is 580. The Hall–Kier alpha value is -1.72. The summed E-state index contributed by atoms with van der Waals surface area (Å²) in [5.74, 6) is -0.0166. The first-order valence-electron chi connectivity index (χ1n) is 8.98. The van der Waals surface area contributed by atoms with Crippen molar-refractivity contribution in [2.45, 2.75) is 32.8 Å². The first kappa shape index (κ1) is 19.6. The average Bonchev–Trinajstić information content (AvgIpc) is 2.60. The van der Waals surface area contributed by atoms with Crippen molar-refractivity contribution < 1.29 is 14.3 Å². The van der Waals surface area contributed by atoms with Gasteiger partial charge in [-0.2, -0.15) is 0 Å². The summed E-state index contributed by atoms with van der Waals surface area (Å²) < 4.78 is 13.0. The summed E-state index contributed by atoms with van der Waals surface area (Å²) in [6.45, 7) is 11.1. The van der Waals surface area contributed by atoms with Gasteiger partial charge >= 0.3 is 0 Å². The summed E-state index contributed by atoms with van der Waals surface area (Å²) >= 11 is 0. The number of carbonyl (C=O) groups is 1. The zero-order valence-electron chi connectivity index (χ0n) is 15.2. The van der Waals surface area contributed by atoms with Gasteiger partial charge in [0.1, 0.15) is 5.82 Å². The molecule has 0 bridgehead atoms. The Morgan fingerprint density at radius 3 is 2.48 bits per heavy atom. The topological polar surface area (TPSA) is 43.8 Å². The van der Waals surface area contributed by atoms with Gasteiger partial charge < -0.3 is 10.0 Å². The lowest BCUT2D eigenvalue weighted by Gasteiger charge is -2.35. The highest BCUT2D eigenvalue weighted by Crippen LogP contribution is 2.30. The molecule has 1 unspecified atom stereocenters. The van der Waals surface area contributed by atoms with Crippen LogP contribution in [0.15, 0.2) is 36.4 Å². The number of rotatable bonds is 7. The zero-order valence-corrected chi connectivity index (χ0v) is 15.2. The van der Waals surface area contributed by atoms with E-state index in [1.54, 1.807) is 12.1 Å². The number of likely N-dealkylation sites (N-methyl/N-ethyl adjacent to an activating group) is 1. The molecule has 1 fully saturated rings. The Morgan fingerprint density at radius 1 is 1.36 bits per heavy atom. The third-order valence-corrected chi connectivity index (χ3v) is 4.84. The van der Waals surface area contributed by atoms with Crippen LogP contribution in [0.2, 0.25) is 0 Å². The van der Waals surface area contributed by atoms with Crippen molar-refractivity contribution in [1.82, 2.24) is 9.80 Å². The van der Waals surface area contributed by atoms with Gasteiger partial charge in [0.25, 0.3) is 0 Å². The highest BCUT2D eigenvalue weighted by atomic mass is 19.1. The number of hydrogen-bond donors (Lipinski definition) is 1. The van der Waals surface area contributed by atoms with Crippen molar-refractivity contribution in [3.63, 3.8) is 0 Å². The smallest absolute Gasteiger partial charge is 0.237 e. The number of carbonyl (C=O) groups excluding carboxylic acids is 1. The van der Waals surface area contributed by atoms with Crippen LogP contribution in [0.3, 0.4) is 0 Å². The van der Waals surface area contributed by atoms with E-state index in [1.165, 1.54) is 12.1 Å². The standard InChI is InChI=1S/C20H29FN2O2/c1-4-23(13-15(2)3)19(24)14-22-11-9-17(10-12-22)20(25)16-5-7-18(21)8-6-16/h5-8,17,20,25H,2,4,9-14H2,1,3H3. The van der Waals surface area contributed by atoms with Crippen molar-refractivity contribution >= 4 is 5.91 Å². The van der Waals surface area contributed by atoms with E-state index in [2.05, 4.69) is 11.5 Å². The minimum absolute atomic E-state index is 0.128. The number of benzene rings is 1. The maximum atomic E-state index is 13.0. The van der Waals surface area contributed by atoms with Crippen molar-refractivity contribution in [1.29, 1.82) is 0 Å². The highest BCUT2D eigenvalue weighted by Gasteiger charge is 2.27. The number of hydrogen-bond acceptors (Lipinski definition) is 3. The fourth-order valence-electron chi connectivity index (χ4n) is 3.35. The van der Waals surface area contributed by atoms with Gasteiger partial charge in [0, 0.05) is 13.1 Å². The molecule has 1 aromatic rings. The van der Waals surface area contributed by atoms with E-state index in [4.69, 9.17) is 0 Å². The second kappa shape index (κ2) is 9.11. The number of amides is 1. The molecule has 2 rings (SSSR count). The average molecular weight is 348 g/mol. The van der Waals surface area contributed by atoms with Gasteiger partial charge in [0.15, 0.2) is 0 Å². The SMILES string of the molecule is C=C(C)CN(CC)C(=O)CN1CCC(C(O)c2ccc(F)cc2)CC1. The molecule has 138 valence electrons. The van der Waals surface area contributed by atoms with Crippen LogP contribution >= 0.6 is 0 Å². The molecule has 1 atom stereocenters. The minimum Gasteiger partial charge on any atom is -0.388 e. The molecule has 1 N–H and O–H groups in total. The summed E-state index contributed by atoms with van der Waals surface area (Å²) in [6.07, 6.45) is 1.09. The maximum absolute atomic E-state index is 13.0. The largest absolute Gasteiger partial charge is 0.388 e. The molecule has 5 heteroatoms. The van der Waals surface area contributed by atoms with Crippen molar-refractivity contribution in [3.05, 3.63) is 47.8 Å². The lowest BCUT2D eigenvalue weighted by molar-refractivity contribution is -0.132. The van der Waals surface area contributed by atoms with Crippen molar-refractivity contribution in [2.24, 2.45) is 5.92 Å². The lowest BCUT2D eigenvalue weighted by Crippen LogP contribution is -2.44. The molecule has 0 aromatic heterocycles. The van der Waals surface area contributed by atoms with Crippen LogP contribution in [0.5, 0.6) is 0 Å². The van der Waals surface area contributed by atoms with Gasteiger partial charge in [-0.3, -0.25) is 9.69 Å². The number of likely N-dealkylation sites (tertiary alicyclic amines) is 1. The number of aliphatic hydroxyl groups is 1. The number of aliphatic hydroxyl groups excluding tert-OH is 1. The monoisotopic (exact) mass is 348 g/mol. The van der Waals surface area contributed by atoms with Crippen LogP contribution in [-0.2, 0) is 4.79 Å². The van der Waals surface area contributed by atoms with E-state index in [0.717, 1.165) is 37.1 Å². The molecular formula is C20H29FN2O2. The molecule has 1 aliphatic heterocycles. The van der Waals surface area contributed by atoms with E-state index >= 15 is 0 Å². The molecular weight excluding hydrogens is 319 g/mol. The normalized spacial score (nSPS) is 17.3. The summed E-state index contributed by atoms with van der Waals surface area (Å²) in [5, 5.41) is 10.5. The third kappa shape index (κ3) is 5.65. The number of piperidine rings is 1. The third-order valence-electron chi connectivity index (χ3n) is 4.84. The Morgan fingerprint density at radius 2 is 1.96 bits per heavy atom. The predicted molar refractivity (Wildman–Crippen MR) is 97.6 cm³/mol. The van der Waals surface area contributed by atoms with Gasteiger partial charge in [0.05, 0.1) is 12.6 Å². The Labute approximate surface area is 149 Å². The van der Waals surface area contributed by atoms with Gasteiger partial charge in [-0.25, -0.2) is 4.39 Å². The molecule has 1 saturated heterocycles. The molecule has 0 saturated carbocycles. The molecule has 1 aliphatic rings. The first-order chi connectivity index (χ1) is 11.9. The zero-order chi connectivity index (χ0) is 18.4. The predicted octanol–water partition coefficient (Wildman–Crippen LogP) is 3.00. The number of halogens is 1. The van der Waals surface area contributed by atoms with Gasteiger partial charge in [-0.15, -0.1) is 0 Å². The van der Waals surface area contributed by atoms with Crippen LogP contribution in [0.1, 0.15) is 38.4 Å². The molecule has 1 amide bonds. The minimum atomic E-state index is -0.575. The first-order valence-corrected chi connectivity index (χ1v) is 8.98. The Kier molecular flexibility index (Phi) is 7.14. The second-order valence-electron chi connectivity index (χ2n) is 6.97. The summed E-state index contributed by atoms with van der Waals surface area (Å²) in [4.78, 5) is 16.4. The van der Waals surface area contributed by atoms with Crippen LogP contribution in [0, 0.1) is 11.7 Å². The quantitative estimate of drug-likeness (QED) is 0.771. The summed E-state index contributed by atoms with van der Waals surface area (Å²) in [7, 11) is 0. The van der Waals surface area contributed by atoms with E-state index < -0.39 is 6.10 Å².